The van der Waals surface area contributed by atoms with E-state index in [9.17, 15) is 9.90 Å². The molecular weight excluding hydrogens is 566 g/mol. The number of pyridine rings is 1. The van der Waals surface area contributed by atoms with E-state index in [1.54, 1.807) is 6.07 Å². The molecule has 3 aromatic rings. The first-order chi connectivity index (χ1) is 21.8. The number of aromatic carboxylic acids is 1. The lowest BCUT2D eigenvalue weighted by molar-refractivity contribution is 0.0693. The van der Waals surface area contributed by atoms with Crippen molar-refractivity contribution in [2.24, 2.45) is 0 Å². The lowest BCUT2D eigenvalue weighted by Gasteiger charge is -2.22. The molecule has 0 radical (unpaired) electrons. The first-order valence-electron chi connectivity index (χ1n) is 16.4. The highest BCUT2D eigenvalue weighted by molar-refractivity contribution is 5.90. The van der Waals surface area contributed by atoms with Crippen LogP contribution in [-0.2, 0) is 28.9 Å². The molecule has 1 N–H and O–H groups in total. The van der Waals surface area contributed by atoms with Gasteiger partial charge in [-0.15, -0.1) is 0 Å². The normalized spacial score (nSPS) is 16.2. The average molecular weight is 616 g/mol. The third-order valence-electron chi connectivity index (χ3n) is 8.55. The molecule has 8 heteroatoms. The minimum atomic E-state index is -1.10. The van der Waals surface area contributed by atoms with Crippen LogP contribution in [0.2, 0.25) is 0 Å². The topological polar surface area (TPSA) is 95.7 Å². The summed E-state index contributed by atoms with van der Waals surface area (Å²) in [6.07, 6.45) is 14.1. The maximum absolute atomic E-state index is 11.6. The predicted octanol–water partition coefficient (Wildman–Crippen LogP) is 8.43. The third-order valence-corrected chi connectivity index (χ3v) is 8.55. The molecule has 1 aliphatic carbocycles. The predicted molar refractivity (Wildman–Crippen MR) is 178 cm³/mol. The highest BCUT2D eigenvalue weighted by Gasteiger charge is 2.22. The Hall–Kier alpha value is -3.91. The number of methoxy groups -OCH3 is 1. The summed E-state index contributed by atoms with van der Waals surface area (Å²) in [5, 5.41) is 13.7. The van der Waals surface area contributed by atoms with Gasteiger partial charge in [0.15, 0.2) is 5.82 Å². The zero-order valence-electron chi connectivity index (χ0n) is 27.8. The van der Waals surface area contributed by atoms with Crippen LogP contribution in [0.3, 0.4) is 0 Å². The number of carboxylic acids is 1. The van der Waals surface area contributed by atoms with Crippen LogP contribution in [0.1, 0.15) is 111 Å². The van der Waals surface area contributed by atoms with Crippen LogP contribution in [0, 0.1) is 6.92 Å². The summed E-state index contributed by atoms with van der Waals surface area (Å²) in [6, 6.07) is 10.1. The van der Waals surface area contributed by atoms with Crippen molar-refractivity contribution >= 4 is 11.5 Å². The van der Waals surface area contributed by atoms with Crippen LogP contribution in [0.15, 0.2) is 53.9 Å². The van der Waals surface area contributed by atoms with E-state index in [0.29, 0.717) is 18.5 Å². The number of ether oxygens (including phenoxy) is 3. The van der Waals surface area contributed by atoms with Crippen molar-refractivity contribution in [2.75, 3.05) is 13.7 Å². The van der Waals surface area contributed by atoms with E-state index in [4.69, 9.17) is 19.2 Å². The van der Waals surface area contributed by atoms with Gasteiger partial charge in [0.2, 0.25) is 5.88 Å². The minimum absolute atomic E-state index is 0.0147. The summed E-state index contributed by atoms with van der Waals surface area (Å²) < 4.78 is 18.6. The van der Waals surface area contributed by atoms with Crippen molar-refractivity contribution in [1.29, 1.82) is 0 Å². The molecule has 5 rings (SSSR count). The summed E-state index contributed by atoms with van der Waals surface area (Å²) in [5.74, 6) is 0.358. The molecule has 1 aromatic carbocycles. The summed E-state index contributed by atoms with van der Waals surface area (Å²) in [6.45, 7) is 12.5. The largest absolute Gasteiger partial charge is 0.488 e. The quantitative estimate of drug-likeness (QED) is 0.218. The number of aromatic nitrogens is 3. The number of carboxylic acid groups (broad SMARTS) is 1. The molecule has 2 aliphatic rings. The minimum Gasteiger partial charge on any atom is -0.488 e. The van der Waals surface area contributed by atoms with Gasteiger partial charge in [-0.1, -0.05) is 57.9 Å². The van der Waals surface area contributed by atoms with E-state index < -0.39 is 5.97 Å². The van der Waals surface area contributed by atoms with Gasteiger partial charge >= 0.3 is 5.97 Å². The second kappa shape index (κ2) is 16.4. The number of carbonyl (C=O) groups is 1. The van der Waals surface area contributed by atoms with Gasteiger partial charge in [-0.2, -0.15) is 9.78 Å². The number of rotatable bonds is 12. The molecule has 0 spiro atoms. The highest BCUT2D eigenvalue weighted by atomic mass is 16.5. The van der Waals surface area contributed by atoms with E-state index >= 15 is 0 Å². The number of aryl methyl sites for hydroxylation is 1. The standard InChI is InChI=1S/C31H37N3O4.C6H12O/c1-6-10-22-16-17-23(21(4)24(22)11-7-2)19-38-29-20(3)12-8-13-25(29)27-14-9-15-28(33-27)34-30(37-5)26(18-32-34)31(35)36;1-2-6-4-3-5-7-6/h9,13-18H,6-8,10-12,19H2,1-5H3,(H,35,36);6H,2-5H2,1H3/t;6-/m.0/s1. The molecule has 0 bridgehead atoms. The molecule has 1 atom stereocenters. The van der Waals surface area contributed by atoms with E-state index in [-0.39, 0.29) is 11.4 Å². The SMILES string of the molecule is CCCc1ccc(COC2=C(C)CCC=C2c2cccc(-n3ncc(C(=O)O)c3OC)n2)c(C)c1CCC.CC[C@H]1CCCO1. The zero-order valence-corrected chi connectivity index (χ0v) is 27.8. The van der Waals surface area contributed by atoms with Crippen molar-refractivity contribution in [3.8, 4) is 11.7 Å². The Labute approximate surface area is 268 Å². The second-order valence-electron chi connectivity index (χ2n) is 11.8. The van der Waals surface area contributed by atoms with Crippen molar-refractivity contribution in [2.45, 2.75) is 105 Å². The lowest BCUT2D eigenvalue weighted by atomic mass is 9.92. The highest BCUT2D eigenvalue weighted by Crippen LogP contribution is 2.34. The average Bonchev–Trinajstić information content (AvgIpc) is 3.74. The number of hydrogen-bond donors (Lipinski definition) is 1. The van der Waals surface area contributed by atoms with Gasteiger partial charge in [0.05, 0.1) is 25.1 Å². The fourth-order valence-corrected chi connectivity index (χ4v) is 6.06. The number of nitrogens with zero attached hydrogens (tertiary/aromatic N) is 3. The molecule has 0 amide bonds. The molecule has 1 fully saturated rings. The Kier molecular flexibility index (Phi) is 12.4. The monoisotopic (exact) mass is 615 g/mol. The van der Waals surface area contributed by atoms with Crippen LogP contribution in [-0.4, -0.2) is 45.7 Å². The molecular formula is C37H49N3O5. The molecule has 2 aromatic heterocycles. The fraction of sp³-hybridized carbons (Fsp3) is 0.486. The van der Waals surface area contributed by atoms with Gasteiger partial charge in [-0.25, -0.2) is 9.78 Å². The van der Waals surface area contributed by atoms with Crippen molar-refractivity contribution < 1.29 is 24.1 Å². The molecule has 0 unspecified atom stereocenters. The third kappa shape index (κ3) is 8.23. The Bertz CT molecular complexity index is 1510. The Morgan fingerprint density at radius 1 is 1.09 bits per heavy atom. The molecule has 242 valence electrons. The number of allylic oxidation sites excluding steroid dienone is 3. The summed E-state index contributed by atoms with van der Waals surface area (Å²) in [4.78, 5) is 16.4. The van der Waals surface area contributed by atoms with Gasteiger partial charge in [-0.05, 0) is 98.8 Å². The maximum Gasteiger partial charge on any atom is 0.342 e. The molecule has 8 nitrogen and oxygen atoms in total. The van der Waals surface area contributed by atoms with Gasteiger partial charge in [0.25, 0.3) is 0 Å². The molecule has 1 aliphatic heterocycles. The Morgan fingerprint density at radius 2 is 1.87 bits per heavy atom. The van der Waals surface area contributed by atoms with E-state index in [1.165, 1.54) is 65.1 Å². The van der Waals surface area contributed by atoms with E-state index in [0.717, 1.165) is 62.2 Å². The first kappa shape index (κ1) is 34.0. The van der Waals surface area contributed by atoms with Crippen molar-refractivity contribution in [1.82, 2.24) is 14.8 Å². The van der Waals surface area contributed by atoms with Crippen LogP contribution >= 0.6 is 0 Å². The van der Waals surface area contributed by atoms with Crippen molar-refractivity contribution in [3.63, 3.8) is 0 Å². The van der Waals surface area contributed by atoms with Crippen LogP contribution < -0.4 is 4.74 Å². The summed E-state index contributed by atoms with van der Waals surface area (Å²) in [5.41, 5.74) is 8.31. The lowest BCUT2D eigenvalue weighted by Crippen LogP contribution is -2.09. The van der Waals surface area contributed by atoms with Gasteiger partial charge in [-0.3, -0.25) is 0 Å². The smallest absolute Gasteiger partial charge is 0.342 e. The van der Waals surface area contributed by atoms with Gasteiger partial charge < -0.3 is 19.3 Å². The molecule has 45 heavy (non-hydrogen) atoms. The van der Waals surface area contributed by atoms with Gasteiger partial charge in [0.1, 0.15) is 17.9 Å². The number of benzene rings is 1. The Balaban J connectivity index is 0.000000580. The number of hydrogen-bond acceptors (Lipinski definition) is 6. The van der Waals surface area contributed by atoms with Crippen LogP contribution in [0.5, 0.6) is 5.88 Å². The summed E-state index contributed by atoms with van der Waals surface area (Å²) in [7, 11) is 1.42. The summed E-state index contributed by atoms with van der Waals surface area (Å²) >= 11 is 0. The maximum atomic E-state index is 11.6. The Morgan fingerprint density at radius 3 is 2.51 bits per heavy atom. The van der Waals surface area contributed by atoms with E-state index in [1.807, 2.05) is 12.1 Å². The fourth-order valence-electron chi connectivity index (χ4n) is 6.06. The van der Waals surface area contributed by atoms with Crippen molar-refractivity contribution in [3.05, 3.63) is 87.4 Å². The van der Waals surface area contributed by atoms with Gasteiger partial charge in [0, 0.05) is 12.2 Å². The van der Waals surface area contributed by atoms with E-state index in [2.05, 4.69) is 57.9 Å². The van der Waals surface area contributed by atoms with Crippen LogP contribution in [0.4, 0.5) is 0 Å². The molecule has 3 heterocycles. The second-order valence-corrected chi connectivity index (χ2v) is 11.8. The zero-order chi connectivity index (χ0) is 32.3. The first-order valence-corrected chi connectivity index (χ1v) is 16.4. The molecule has 1 saturated heterocycles. The van der Waals surface area contributed by atoms with Crippen LogP contribution in [0.25, 0.3) is 11.4 Å². The molecule has 0 saturated carbocycles.